The predicted molar refractivity (Wildman–Crippen MR) is 85.7 cm³/mol. The molecule has 4 atom stereocenters. The number of likely N-dealkylation sites (N-methyl/N-ethyl adjacent to an activating group) is 1. The summed E-state index contributed by atoms with van der Waals surface area (Å²) < 4.78 is 19.0. The largest absolute Gasteiger partial charge is 0.487 e. The van der Waals surface area contributed by atoms with Crippen molar-refractivity contribution in [3.8, 4) is 5.75 Å². The summed E-state index contributed by atoms with van der Waals surface area (Å²) in [5.41, 5.74) is 0. The van der Waals surface area contributed by atoms with Crippen LogP contribution in [-0.2, 0) is 4.79 Å². The smallest absolute Gasteiger partial charge is 0.222 e. The first-order chi connectivity index (χ1) is 10.8. The number of halogens is 1. The molecule has 0 unspecified atom stereocenters. The van der Waals surface area contributed by atoms with Gasteiger partial charge in [-0.3, -0.25) is 4.79 Å². The second kappa shape index (κ2) is 7.27. The first kappa shape index (κ1) is 17.7. The summed E-state index contributed by atoms with van der Waals surface area (Å²) in [7, 11) is 3.71. The lowest BCUT2D eigenvalue weighted by molar-refractivity contribution is -0.125. The third kappa shape index (κ3) is 4.20. The molecule has 0 aromatic heterocycles. The second-order valence-corrected chi connectivity index (χ2v) is 6.56. The Morgan fingerprint density at radius 2 is 2.13 bits per heavy atom. The third-order valence-corrected chi connectivity index (χ3v) is 4.16. The Morgan fingerprint density at radius 1 is 1.43 bits per heavy atom. The Balaban J connectivity index is 2.11. The van der Waals surface area contributed by atoms with Crippen LogP contribution >= 0.6 is 0 Å². The monoisotopic (exact) mass is 324 g/mol. The number of nitrogens with zero attached hydrogens (tertiary/aromatic N) is 1. The maximum atomic E-state index is 13.3. The van der Waals surface area contributed by atoms with Gasteiger partial charge in [0.25, 0.3) is 0 Å². The maximum absolute atomic E-state index is 13.3. The van der Waals surface area contributed by atoms with Gasteiger partial charge in [0.05, 0.1) is 12.1 Å². The summed E-state index contributed by atoms with van der Waals surface area (Å²) in [6.07, 6.45) is -0.800. The average Bonchev–Trinajstić information content (AvgIpc) is 2.74. The van der Waals surface area contributed by atoms with Crippen molar-refractivity contribution in [3.63, 3.8) is 0 Å². The van der Waals surface area contributed by atoms with Crippen LogP contribution in [0.4, 0.5) is 4.39 Å². The van der Waals surface area contributed by atoms with Crippen LogP contribution in [-0.4, -0.2) is 54.3 Å². The lowest BCUT2D eigenvalue weighted by Crippen LogP contribution is -2.51. The van der Waals surface area contributed by atoms with Crippen molar-refractivity contribution in [2.24, 2.45) is 5.92 Å². The molecule has 1 aliphatic carbocycles. The number of carbonyl (C=O) groups excluding carboxylic acids is 1. The molecule has 23 heavy (non-hydrogen) atoms. The highest BCUT2D eigenvalue weighted by molar-refractivity contribution is 5.78. The minimum Gasteiger partial charge on any atom is -0.487 e. The molecule has 6 heteroatoms. The van der Waals surface area contributed by atoms with E-state index in [4.69, 9.17) is 4.74 Å². The van der Waals surface area contributed by atoms with Gasteiger partial charge in [0.2, 0.25) is 5.91 Å². The van der Waals surface area contributed by atoms with Crippen molar-refractivity contribution in [1.29, 1.82) is 0 Å². The van der Waals surface area contributed by atoms with Crippen LogP contribution in [0.25, 0.3) is 0 Å². The number of hydrogen-bond acceptors (Lipinski definition) is 4. The Labute approximate surface area is 136 Å². The van der Waals surface area contributed by atoms with Gasteiger partial charge < -0.3 is 20.1 Å². The quantitative estimate of drug-likeness (QED) is 0.860. The lowest BCUT2D eigenvalue weighted by Gasteiger charge is -2.29. The van der Waals surface area contributed by atoms with E-state index < -0.39 is 12.2 Å². The third-order valence-electron chi connectivity index (χ3n) is 4.16. The molecule has 1 aromatic rings. The molecule has 128 valence electrons. The van der Waals surface area contributed by atoms with E-state index in [1.807, 2.05) is 32.8 Å². The molecule has 0 saturated heterocycles. The summed E-state index contributed by atoms with van der Waals surface area (Å²) in [4.78, 5) is 13.9. The van der Waals surface area contributed by atoms with Gasteiger partial charge in [0.1, 0.15) is 23.8 Å². The second-order valence-electron chi connectivity index (χ2n) is 6.56. The van der Waals surface area contributed by atoms with Crippen molar-refractivity contribution >= 4 is 5.91 Å². The molecule has 1 saturated carbocycles. The molecule has 0 radical (unpaired) electrons. The number of rotatable bonds is 5. The molecule has 1 aliphatic rings. The molecule has 2 rings (SSSR count). The highest BCUT2D eigenvalue weighted by atomic mass is 19.1. The number of aliphatic hydroxyl groups is 1. The number of nitrogens with one attached hydrogen (secondary N) is 1. The van der Waals surface area contributed by atoms with Crippen LogP contribution in [0.1, 0.15) is 20.3 Å². The average molecular weight is 324 g/mol. The molecule has 0 bridgehead atoms. The Kier molecular flexibility index (Phi) is 5.59. The van der Waals surface area contributed by atoms with Crippen LogP contribution in [0.15, 0.2) is 24.3 Å². The van der Waals surface area contributed by atoms with Gasteiger partial charge in [-0.05, 0) is 26.2 Å². The predicted octanol–water partition coefficient (Wildman–Crippen LogP) is 1.41. The zero-order valence-electron chi connectivity index (χ0n) is 14.0. The summed E-state index contributed by atoms with van der Waals surface area (Å²) in [5.74, 6) is -0.190. The van der Waals surface area contributed by atoms with Gasteiger partial charge in [-0.25, -0.2) is 4.39 Å². The van der Waals surface area contributed by atoms with Crippen molar-refractivity contribution in [3.05, 3.63) is 30.1 Å². The van der Waals surface area contributed by atoms with Crippen LogP contribution in [0.5, 0.6) is 5.75 Å². The summed E-state index contributed by atoms with van der Waals surface area (Å²) in [6, 6.07) is 5.38. The summed E-state index contributed by atoms with van der Waals surface area (Å²) >= 11 is 0. The number of hydrogen-bond donors (Lipinski definition) is 2. The Morgan fingerprint density at radius 3 is 2.70 bits per heavy atom. The van der Waals surface area contributed by atoms with Crippen LogP contribution in [0, 0.1) is 11.7 Å². The van der Waals surface area contributed by atoms with Gasteiger partial charge in [-0.1, -0.05) is 19.9 Å². The van der Waals surface area contributed by atoms with Crippen LogP contribution < -0.4 is 10.1 Å². The molecule has 1 fully saturated rings. The zero-order chi connectivity index (χ0) is 17.1. The minimum absolute atomic E-state index is 0.0551. The van der Waals surface area contributed by atoms with E-state index in [1.54, 1.807) is 12.1 Å². The molecule has 1 aromatic carbocycles. The number of aliphatic hydroxyl groups excluding tert-OH is 1. The Hall–Kier alpha value is -1.66. The maximum Gasteiger partial charge on any atom is 0.222 e. The Bertz CT molecular complexity index is 550. The fraction of sp³-hybridized carbons (Fsp3) is 0.588. The van der Waals surface area contributed by atoms with Gasteiger partial charge in [0.15, 0.2) is 0 Å². The van der Waals surface area contributed by atoms with E-state index in [0.29, 0.717) is 12.2 Å². The van der Waals surface area contributed by atoms with Gasteiger partial charge in [-0.15, -0.1) is 0 Å². The SMILES string of the molecule is CC(C)C(=O)N[C@@H]1C[C@@H](Oc2cccc(F)c2)[C@H](O)[C@H]1N(C)C. The summed E-state index contributed by atoms with van der Waals surface area (Å²) in [6.45, 7) is 3.65. The lowest BCUT2D eigenvalue weighted by atomic mass is 10.1. The van der Waals surface area contributed by atoms with Crippen molar-refractivity contribution in [1.82, 2.24) is 10.2 Å². The van der Waals surface area contributed by atoms with E-state index in [1.165, 1.54) is 12.1 Å². The van der Waals surface area contributed by atoms with Crippen molar-refractivity contribution in [2.45, 2.75) is 44.6 Å². The topological polar surface area (TPSA) is 61.8 Å². The molecular weight excluding hydrogens is 299 g/mol. The van der Waals surface area contributed by atoms with E-state index in [-0.39, 0.29) is 29.7 Å². The van der Waals surface area contributed by atoms with Crippen LogP contribution in [0.2, 0.25) is 0 Å². The number of amides is 1. The van der Waals surface area contributed by atoms with Crippen molar-refractivity contribution < 1.29 is 19.0 Å². The first-order valence-electron chi connectivity index (χ1n) is 7.86. The standard InChI is InChI=1S/C17H25FN2O3/c1-10(2)17(22)19-13-9-14(16(21)15(13)20(3)4)23-12-7-5-6-11(18)8-12/h5-8,10,13-16,21H,9H2,1-4H3,(H,19,22)/t13-,14-,15+,16+/m1/s1. The van der Waals surface area contributed by atoms with Gasteiger partial charge >= 0.3 is 0 Å². The highest BCUT2D eigenvalue weighted by Crippen LogP contribution is 2.28. The first-order valence-corrected chi connectivity index (χ1v) is 7.86. The van der Waals surface area contributed by atoms with Crippen LogP contribution in [0.3, 0.4) is 0 Å². The minimum atomic E-state index is -0.772. The number of benzene rings is 1. The van der Waals surface area contributed by atoms with E-state index in [2.05, 4.69) is 5.32 Å². The fourth-order valence-corrected chi connectivity index (χ4v) is 2.98. The summed E-state index contributed by atoms with van der Waals surface area (Å²) in [5, 5.41) is 13.5. The zero-order valence-corrected chi connectivity index (χ0v) is 14.0. The van der Waals surface area contributed by atoms with Gasteiger partial charge in [-0.2, -0.15) is 0 Å². The van der Waals surface area contributed by atoms with Crippen molar-refractivity contribution in [2.75, 3.05) is 14.1 Å². The number of ether oxygens (including phenoxy) is 1. The van der Waals surface area contributed by atoms with Gasteiger partial charge in [0, 0.05) is 18.4 Å². The van der Waals surface area contributed by atoms with E-state index >= 15 is 0 Å². The normalized spacial score (nSPS) is 27.5. The molecule has 5 nitrogen and oxygen atoms in total. The molecular formula is C17H25FN2O3. The van der Waals surface area contributed by atoms with E-state index in [0.717, 1.165) is 0 Å². The molecule has 0 aliphatic heterocycles. The highest BCUT2D eigenvalue weighted by Gasteiger charge is 2.45. The fourth-order valence-electron chi connectivity index (χ4n) is 2.98. The molecule has 0 spiro atoms. The number of carbonyl (C=O) groups is 1. The van der Waals surface area contributed by atoms with E-state index in [9.17, 15) is 14.3 Å². The molecule has 2 N–H and O–H groups in total. The molecule has 0 heterocycles. The molecule has 1 amide bonds.